The zero-order valence-corrected chi connectivity index (χ0v) is 11.6. The van der Waals surface area contributed by atoms with Gasteiger partial charge in [-0.15, -0.1) is 12.4 Å². The van der Waals surface area contributed by atoms with Crippen molar-refractivity contribution in [1.82, 2.24) is 5.32 Å². The Morgan fingerprint density at radius 2 is 1.85 bits per heavy atom. The molecule has 20 heavy (non-hydrogen) atoms. The molecule has 0 spiro atoms. The highest BCUT2D eigenvalue weighted by Crippen LogP contribution is 2.33. The summed E-state index contributed by atoms with van der Waals surface area (Å²) >= 11 is 0. The van der Waals surface area contributed by atoms with E-state index in [4.69, 9.17) is 4.74 Å². The first-order chi connectivity index (χ1) is 8.93. The molecule has 0 unspecified atom stereocenters. The summed E-state index contributed by atoms with van der Waals surface area (Å²) in [5, 5.41) is 3.06. The lowest BCUT2D eigenvalue weighted by atomic mass is 9.88. The highest BCUT2D eigenvalue weighted by molar-refractivity contribution is 5.85. The van der Waals surface area contributed by atoms with Gasteiger partial charge in [-0.1, -0.05) is 12.1 Å². The summed E-state index contributed by atoms with van der Waals surface area (Å²) in [6, 6.07) is 4.94. The molecule has 2 atom stereocenters. The Kier molecular flexibility index (Phi) is 5.42. The third-order valence-corrected chi connectivity index (χ3v) is 3.38. The summed E-state index contributed by atoms with van der Waals surface area (Å²) in [6.07, 6.45) is -4.34. The number of alkyl halides is 3. The molecule has 7 heteroatoms. The minimum absolute atomic E-state index is 0. The van der Waals surface area contributed by atoms with Gasteiger partial charge >= 0.3 is 12.1 Å². The van der Waals surface area contributed by atoms with E-state index >= 15 is 0 Å². The van der Waals surface area contributed by atoms with Crippen molar-refractivity contribution in [3.8, 4) is 0 Å². The van der Waals surface area contributed by atoms with Crippen LogP contribution >= 0.6 is 12.4 Å². The van der Waals surface area contributed by atoms with Crippen LogP contribution in [0.1, 0.15) is 17.0 Å². The summed E-state index contributed by atoms with van der Waals surface area (Å²) in [6.45, 7) is 1.05. The van der Waals surface area contributed by atoms with Crippen LogP contribution in [0.3, 0.4) is 0 Å². The van der Waals surface area contributed by atoms with Crippen LogP contribution in [0.4, 0.5) is 13.2 Å². The molecule has 112 valence electrons. The highest BCUT2D eigenvalue weighted by Gasteiger charge is 2.35. The molecular weight excluding hydrogens is 295 g/mol. The lowest BCUT2D eigenvalue weighted by Gasteiger charge is -2.17. The molecular formula is C13H15ClF3NO2. The Bertz CT molecular complexity index is 462. The van der Waals surface area contributed by atoms with Crippen LogP contribution in [-0.2, 0) is 15.7 Å². The van der Waals surface area contributed by atoms with Gasteiger partial charge in [0.25, 0.3) is 0 Å². The fourth-order valence-corrected chi connectivity index (χ4v) is 2.35. The Morgan fingerprint density at radius 1 is 1.25 bits per heavy atom. The lowest BCUT2D eigenvalue weighted by Crippen LogP contribution is -2.23. The summed E-state index contributed by atoms with van der Waals surface area (Å²) < 4.78 is 42.1. The number of carbonyl (C=O) groups excluding carboxylic acids is 1. The van der Waals surface area contributed by atoms with Gasteiger partial charge in [0.15, 0.2) is 0 Å². The van der Waals surface area contributed by atoms with Gasteiger partial charge < -0.3 is 10.1 Å². The molecule has 1 aromatic carbocycles. The van der Waals surface area contributed by atoms with Crippen molar-refractivity contribution in [2.45, 2.75) is 12.1 Å². The number of ether oxygens (including phenoxy) is 1. The predicted octanol–water partition coefficient (Wildman–Crippen LogP) is 2.60. The number of benzene rings is 1. The molecule has 1 aromatic rings. The lowest BCUT2D eigenvalue weighted by molar-refractivity contribution is -0.145. The van der Waals surface area contributed by atoms with Gasteiger partial charge in [-0.2, -0.15) is 13.2 Å². The summed E-state index contributed by atoms with van der Waals surface area (Å²) in [4.78, 5) is 11.6. The molecule has 1 aliphatic heterocycles. The maximum absolute atomic E-state index is 12.5. The van der Waals surface area contributed by atoms with E-state index in [9.17, 15) is 18.0 Å². The maximum atomic E-state index is 12.5. The van der Waals surface area contributed by atoms with Crippen LogP contribution in [0.15, 0.2) is 24.3 Å². The molecule has 3 nitrogen and oxygen atoms in total. The van der Waals surface area contributed by atoms with Crippen molar-refractivity contribution >= 4 is 18.4 Å². The molecule has 2 rings (SSSR count). The third kappa shape index (κ3) is 3.43. The second-order valence-corrected chi connectivity index (χ2v) is 4.51. The molecule has 0 aliphatic carbocycles. The predicted molar refractivity (Wildman–Crippen MR) is 69.8 cm³/mol. The van der Waals surface area contributed by atoms with E-state index < -0.39 is 11.7 Å². The Morgan fingerprint density at radius 3 is 2.35 bits per heavy atom. The number of rotatable bonds is 2. The molecule has 1 heterocycles. The van der Waals surface area contributed by atoms with Crippen molar-refractivity contribution in [3.05, 3.63) is 35.4 Å². The monoisotopic (exact) mass is 309 g/mol. The molecule has 0 bridgehead atoms. The SMILES string of the molecule is COC(=O)[C@@H]1CNC[C@H]1c1ccc(C(F)(F)F)cc1.Cl. The number of nitrogens with one attached hydrogen (secondary N) is 1. The number of carbonyl (C=O) groups is 1. The molecule has 1 saturated heterocycles. The summed E-state index contributed by atoms with van der Waals surface area (Å²) in [7, 11) is 1.31. The van der Waals surface area contributed by atoms with Gasteiger partial charge in [-0.3, -0.25) is 4.79 Å². The number of hydrogen-bond acceptors (Lipinski definition) is 3. The topological polar surface area (TPSA) is 38.3 Å². The molecule has 0 aromatic heterocycles. The van der Waals surface area contributed by atoms with Crippen LogP contribution in [0.2, 0.25) is 0 Å². The third-order valence-electron chi connectivity index (χ3n) is 3.38. The average Bonchev–Trinajstić information content (AvgIpc) is 2.86. The van der Waals surface area contributed by atoms with Gasteiger partial charge in [0.2, 0.25) is 0 Å². The summed E-state index contributed by atoms with van der Waals surface area (Å²) in [5.74, 6) is -0.827. The zero-order chi connectivity index (χ0) is 14.0. The van der Waals surface area contributed by atoms with Gasteiger partial charge in [-0.25, -0.2) is 0 Å². The largest absolute Gasteiger partial charge is 0.469 e. The Hall–Kier alpha value is -1.27. The van der Waals surface area contributed by atoms with Gasteiger partial charge in [0, 0.05) is 19.0 Å². The average molecular weight is 310 g/mol. The molecule has 0 amide bonds. The van der Waals surface area contributed by atoms with Gasteiger partial charge in [-0.05, 0) is 17.7 Å². The van der Waals surface area contributed by atoms with Crippen LogP contribution in [0.25, 0.3) is 0 Å². The van der Waals surface area contributed by atoms with Crippen LogP contribution in [-0.4, -0.2) is 26.2 Å². The standard InChI is InChI=1S/C13H14F3NO2.ClH/c1-19-12(18)11-7-17-6-10(11)8-2-4-9(5-3-8)13(14,15)16;/h2-5,10-11,17H,6-7H2,1H3;1H/t10-,11+;/m0./s1. The second-order valence-electron chi connectivity index (χ2n) is 4.51. The van der Waals surface area contributed by atoms with Crippen LogP contribution < -0.4 is 5.32 Å². The molecule has 1 aliphatic rings. The highest BCUT2D eigenvalue weighted by atomic mass is 35.5. The number of halogens is 4. The molecule has 1 fully saturated rings. The molecule has 0 saturated carbocycles. The van der Waals surface area contributed by atoms with Crippen molar-refractivity contribution in [2.75, 3.05) is 20.2 Å². The van der Waals surface area contributed by atoms with Gasteiger partial charge in [0.05, 0.1) is 18.6 Å². The Balaban J connectivity index is 0.00000200. The maximum Gasteiger partial charge on any atom is 0.416 e. The number of hydrogen-bond donors (Lipinski definition) is 1. The minimum Gasteiger partial charge on any atom is -0.469 e. The van der Waals surface area contributed by atoms with Crippen LogP contribution in [0.5, 0.6) is 0 Å². The zero-order valence-electron chi connectivity index (χ0n) is 10.7. The van der Waals surface area contributed by atoms with Crippen molar-refractivity contribution in [1.29, 1.82) is 0 Å². The van der Waals surface area contributed by atoms with Crippen LogP contribution in [0, 0.1) is 5.92 Å². The van der Waals surface area contributed by atoms with E-state index in [1.165, 1.54) is 19.2 Å². The van der Waals surface area contributed by atoms with Crippen molar-refractivity contribution in [3.63, 3.8) is 0 Å². The smallest absolute Gasteiger partial charge is 0.416 e. The number of methoxy groups -OCH3 is 1. The van der Waals surface area contributed by atoms with Gasteiger partial charge in [0.1, 0.15) is 0 Å². The van der Waals surface area contributed by atoms with E-state index in [1.54, 1.807) is 0 Å². The number of esters is 1. The van der Waals surface area contributed by atoms with E-state index in [-0.39, 0.29) is 30.2 Å². The second kappa shape index (κ2) is 6.45. The minimum atomic E-state index is -4.34. The van der Waals surface area contributed by atoms with E-state index in [2.05, 4.69) is 5.32 Å². The summed E-state index contributed by atoms with van der Waals surface area (Å²) in [5.41, 5.74) is 0.0326. The Labute approximate surface area is 120 Å². The fourth-order valence-electron chi connectivity index (χ4n) is 2.35. The first-order valence-electron chi connectivity index (χ1n) is 5.89. The van der Waals surface area contributed by atoms with E-state index in [0.29, 0.717) is 18.7 Å². The van der Waals surface area contributed by atoms with E-state index in [0.717, 1.165) is 12.1 Å². The fraction of sp³-hybridized carbons (Fsp3) is 0.462. The van der Waals surface area contributed by atoms with E-state index in [1.807, 2.05) is 0 Å². The van der Waals surface area contributed by atoms with Crippen molar-refractivity contribution in [2.24, 2.45) is 5.92 Å². The van der Waals surface area contributed by atoms with Crippen molar-refractivity contribution < 1.29 is 22.7 Å². The quantitative estimate of drug-likeness (QED) is 0.854. The first kappa shape index (κ1) is 16.8. The molecule has 1 N–H and O–H groups in total. The first-order valence-corrected chi connectivity index (χ1v) is 5.89. The molecule has 0 radical (unpaired) electrons. The normalized spacial score (nSPS) is 22.2.